The molecule has 0 radical (unpaired) electrons. The molecule has 0 bridgehead atoms. The SMILES string of the molecule is FC(F)(F)c1ccnc(Nc2cccc(Oc3ccncc3)c2)n1. The molecule has 0 saturated carbocycles. The summed E-state index contributed by atoms with van der Waals surface area (Å²) in [7, 11) is 0. The molecule has 0 saturated heterocycles. The number of nitrogens with one attached hydrogen (secondary N) is 1. The number of pyridine rings is 1. The molecule has 122 valence electrons. The fourth-order valence-corrected chi connectivity index (χ4v) is 1.89. The summed E-state index contributed by atoms with van der Waals surface area (Å²) in [5.41, 5.74) is -0.509. The van der Waals surface area contributed by atoms with E-state index in [9.17, 15) is 13.2 Å². The van der Waals surface area contributed by atoms with E-state index < -0.39 is 11.9 Å². The smallest absolute Gasteiger partial charge is 0.433 e. The van der Waals surface area contributed by atoms with Gasteiger partial charge in [-0.3, -0.25) is 4.98 Å². The van der Waals surface area contributed by atoms with Gasteiger partial charge in [-0.2, -0.15) is 13.2 Å². The number of hydrogen-bond acceptors (Lipinski definition) is 5. The topological polar surface area (TPSA) is 59.9 Å². The first-order valence-electron chi connectivity index (χ1n) is 6.86. The maximum atomic E-state index is 12.7. The zero-order valence-electron chi connectivity index (χ0n) is 12.2. The second-order valence-electron chi connectivity index (χ2n) is 4.70. The van der Waals surface area contributed by atoms with E-state index in [1.54, 1.807) is 48.8 Å². The lowest BCUT2D eigenvalue weighted by atomic mass is 10.3. The highest BCUT2D eigenvalue weighted by Gasteiger charge is 2.32. The van der Waals surface area contributed by atoms with Gasteiger partial charge in [0.05, 0.1) is 0 Å². The minimum atomic E-state index is -4.52. The molecule has 0 atom stereocenters. The van der Waals surface area contributed by atoms with E-state index in [4.69, 9.17) is 4.74 Å². The Morgan fingerprint density at radius 2 is 1.71 bits per heavy atom. The maximum absolute atomic E-state index is 12.7. The molecule has 2 aromatic heterocycles. The quantitative estimate of drug-likeness (QED) is 0.766. The number of hydrogen-bond donors (Lipinski definition) is 1. The van der Waals surface area contributed by atoms with Gasteiger partial charge in [-0.1, -0.05) is 6.07 Å². The molecule has 0 fully saturated rings. The number of nitrogens with zero attached hydrogens (tertiary/aromatic N) is 3. The van der Waals surface area contributed by atoms with Crippen molar-refractivity contribution in [3.63, 3.8) is 0 Å². The first-order chi connectivity index (χ1) is 11.5. The van der Waals surface area contributed by atoms with E-state index in [1.165, 1.54) is 0 Å². The molecule has 0 aliphatic carbocycles. The van der Waals surface area contributed by atoms with Crippen LogP contribution in [0.15, 0.2) is 61.1 Å². The van der Waals surface area contributed by atoms with E-state index >= 15 is 0 Å². The number of alkyl halides is 3. The molecular weight excluding hydrogens is 321 g/mol. The molecule has 0 aliphatic rings. The van der Waals surface area contributed by atoms with Gasteiger partial charge in [-0.25, -0.2) is 9.97 Å². The van der Waals surface area contributed by atoms with Crippen LogP contribution in [0, 0.1) is 0 Å². The van der Waals surface area contributed by atoms with Gasteiger partial charge in [-0.15, -0.1) is 0 Å². The second-order valence-corrected chi connectivity index (χ2v) is 4.70. The van der Waals surface area contributed by atoms with E-state index in [0.29, 0.717) is 17.2 Å². The Balaban J connectivity index is 1.78. The van der Waals surface area contributed by atoms with Crippen LogP contribution in [0.2, 0.25) is 0 Å². The van der Waals surface area contributed by atoms with Crippen molar-refractivity contribution in [1.82, 2.24) is 15.0 Å². The Morgan fingerprint density at radius 1 is 0.917 bits per heavy atom. The normalized spacial score (nSPS) is 11.1. The molecule has 3 aromatic rings. The predicted molar refractivity (Wildman–Crippen MR) is 81.1 cm³/mol. The lowest BCUT2D eigenvalue weighted by Crippen LogP contribution is -2.10. The van der Waals surface area contributed by atoms with Gasteiger partial charge >= 0.3 is 6.18 Å². The summed E-state index contributed by atoms with van der Waals surface area (Å²) < 4.78 is 43.6. The second kappa shape index (κ2) is 6.53. The summed E-state index contributed by atoms with van der Waals surface area (Å²) >= 11 is 0. The zero-order valence-corrected chi connectivity index (χ0v) is 12.2. The Hall–Kier alpha value is -3.16. The molecule has 3 rings (SSSR count). The lowest BCUT2D eigenvalue weighted by Gasteiger charge is -2.10. The highest BCUT2D eigenvalue weighted by atomic mass is 19.4. The number of ether oxygens (including phenoxy) is 1. The minimum absolute atomic E-state index is 0.147. The Bertz CT molecular complexity index is 825. The fourth-order valence-electron chi connectivity index (χ4n) is 1.89. The summed E-state index contributed by atoms with van der Waals surface area (Å²) in [5, 5.41) is 2.73. The minimum Gasteiger partial charge on any atom is -0.457 e. The number of aromatic nitrogens is 3. The van der Waals surface area contributed by atoms with Crippen LogP contribution in [0.4, 0.5) is 24.8 Å². The highest BCUT2D eigenvalue weighted by molar-refractivity contribution is 5.56. The van der Waals surface area contributed by atoms with Gasteiger partial charge in [-0.05, 0) is 30.3 Å². The van der Waals surface area contributed by atoms with Crippen molar-refractivity contribution < 1.29 is 17.9 Å². The van der Waals surface area contributed by atoms with Crippen LogP contribution in [0.5, 0.6) is 11.5 Å². The van der Waals surface area contributed by atoms with Crippen LogP contribution in [-0.2, 0) is 6.18 Å². The molecule has 8 heteroatoms. The predicted octanol–water partition coefficient (Wildman–Crippen LogP) is 4.43. The number of benzene rings is 1. The molecule has 0 aliphatic heterocycles. The van der Waals surface area contributed by atoms with Crippen molar-refractivity contribution in [2.24, 2.45) is 0 Å². The molecule has 0 amide bonds. The third kappa shape index (κ3) is 3.97. The first kappa shape index (κ1) is 15.7. The van der Waals surface area contributed by atoms with Crippen molar-refractivity contribution in [1.29, 1.82) is 0 Å². The van der Waals surface area contributed by atoms with E-state index in [2.05, 4.69) is 20.3 Å². The number of rotatable bonds is 4. The third-order valence-corrected chi connectivity index (χ3v) is 2.92. The van der Waals surface area contributed by atoms with Gasteiger partial charge in [0.1, 0.15) is 17.2 Å². The van der Waals surface area contributed by atoms with Crippen LogP contribution >= 0.6 is 0 Å². The van der Waals surface area contributed by atoms with Crippen LogP contribution in [0.1, 0.15) is 5.69 Å². The van der Waals surface area contributed by atoms with Gasteiger partial charge in [0, 0.05) is 30.3 Å². The average molecular weight is 332 g/mol. The van der Waals surface area contributed by atoms with Gasteiger partial charge in [0.15, 0.2) is 0 Å². The maximum Gasteiger partial charge on any atom is 0.433 e. The molecule has 0 spiro atoms. The van der Waals surface area contributed by atoms with Crippen LogP contribution in [0.25, 0.3) is 0 Å². The molecular formula is C16H11F3N4O. The molecule has 1 N–H and O–H groups in total. The van der Waals surface area contributed by atoms with Crippen LogP contribution in [-0.4, -0.2) is 15.0 Å². The van der Waals surface area contributed by atoms with Crippen molar-refractivity contribution in [2.45, 2.75) is 6.18 Å². The van der Waals surface area contributed by atoms with Crippen LogP contribution < -0.4 is 10.1 Å². The Morgan fingerprint density at radius 3 is 2.46 bits per heavy atom. The molecule has 1 aromatic carbocycles. The summed E-state index contributed by atoms with van der Waals surface area (Å²) in [6.45, 7) is 0. The van der Waals surface area contributed by atoms with Crippen molar-refractivity contribution in [3.8, 4) is 11.5 Å². The summed E-state index contributed by atoms with van der Waals surface area (Å²) in [6, 6.07) is 10.9. The van der Waals surface area contributed by atoms with E-state index in [-0.39, 0.29) is 5.95 Å². The average Bonchev–Trinajstić information content (AvgIpc) is 2.56. The lowest BCUT2D eigenvalue weighted by molar-refractivity contribution is -0.141. The van der Waals surface area contributed by atoms with Crippen molar-refractivity contribution in [3.05, 3.63) is 66.7 Å². The third-order valence-electron chi connectivity index (χ3n) is 2.92. The van der Waals surface area contributed by atoms with E-state index in [0.717, 1.165) is 12.3 Å². The summed E-state index contributed by atoms with van der Waals surface area (Å²) in [5.74, 6) is 0.960. The first-order valence-corrected chi connectivity index (χ1v) is 6.86. The van der Waals surface area contributed by atoms with E-state index in [1.807, 2.05) is 0 Å². The molecule has 2 heterocycles. The largest absolute Gasteiger partial charge is 0.457 e. The van der Waals surface area contributed by atoms with Gasteiger partial charge in [0.25, 0.3) is 0 Å². The van der Waals surface area contributed by atoms with Gasteiger partial charge in [0.2, 0.25) is 5.95 Å². The van der Waals surface area contributed by atoms with Crippen molar-refractivity contribution >= 4 is 11.6 Å². The monoisotopic (exact) mass is 332 g/mol. The fraction of sp³-hybridized carbons (Fsp3) is 0.0625. The van der Waals surface area contributed by atoms with Gasteiger partial charge < -0.3 is 10.1 Å². The van der Waals surface area contributed by atoms with Crippen LogP contribution in [0.3, 0.4) is 0 Å². The highest BCUT2D eigenvalue weighted by Crippen LogP contribution is 2.29. The molecule has 24 heavy (non-hydrogen) atoms. The zero-order chi connectivity index (χ0) is 17.0. The Labute approximate surface area is 135 Å². The number of anilines is 2. The summed E-state index contributed by atoms with van der Waals surface area (Å²) in [4.78, 5) is 11.1. The molecule has 5 nitrogen and oxygen atoms in total. The standard InChI is InChI=1S/C16H11F3N4O/c17-16(18,19)14-6-9-21-15(23-14)22-11-2-1-3-13(10-11)24-12-4-7-20-8-5-12/h1-10H,(H,21,22,23). The summed E-state index contributed by atoms with van der Waals surface area (Å²) in [6.07, 6.45) is -0.289. The number of halogens is 3. The molecule has 0 unspecified atom stereocenters. The Kier molecular flexibility index (Phi) is 4.28. The van der Waals surface area contributed by atoms with Crippen molar-refractivity contribution in [2.75, 3.05) is 5.32 Å².